The lowest BCUT2D eigenvalue weighted by molar-refractivity contribution is 0.281. The minimum Gasteiger partial charge on any atom is -0.392 e. The van der Waals surface area contributed by atoms with Gasteiger partial charge < -0.3 is 5.73 Å². The average Bonchev–Trinajstić information content (AvgIpc) is 2.86. The van der Waals surface area contributed by atoms with Crippen molar-refractivity contribution in [1.29, 1.82) is 0 Å². The second kappa shape index (κ2) is 4.88. The Balaban J connectivity index is 2.06. The molecule has 0 aromatic carbocycles. The summed E-state index contributed by atoms with van der Waals surface area (Å²) in [5, 5.41) is 4.16. The minimum absolute atomic E-state index is 0.233. The molecule has 1 saturated heterocycles. The van der Waals surface area contributed by atoms with Gasteiger partial charge in [0.05, 0.1) is 17.6 Å². The van der Waals surface area contributed by atoms with E-state index in [1.807, 2.05) is 4.68 Å². The molecule has 5 nitrogen and oxygen atoms in total. The summed E-state index contributed by atoms with van der Waals surface area (Å²) in [6, 6.07) is 0.233. The smallest absolute Gasteiger partial charge is 0.141 e. The third-order valence-electron chi connectivity index (χ3n) is 3.03. The number of nitrogens with zero attached hydrogens (tertiary/aromatic N) is 4. The van der Waals surface area contributed by atoms with E-state index in [0.29, 0.717) is 4.99 Å². The largest absolute Gasteiger partial charge is 0.392 e. The van der Waals surface area contributed by atoms with Crippen molar-refractivity contribution in [2.24, 2.45) is 5.73 Å². The van der Waals surface area contributed by atoms with Crippen LogP contribution >= 0.6 is 12.2 Å². The van der Waals surface area contributed by atoms with Gasteiger partial charge in [-0.15, -0.1) is 0 Å². The minimum atomic E-state index is 0.233. The van der Waals surface area contributed by atoms with Crippen molar-refractivity contribution in [2.75, 3.05) is 6.54 Å². The lowest BCUT2D eigenvalue weighted by Gasteiger charge is -2.22. The van der Waals surface area contributed by atoms with Gasteiger partial charge in [-0.05, 0) is 26.3 Å². The summed E-state index contributed by atoms with van der Waals surface area (Å²) in [6.45, 7) is 4.74. The first-order chi connectivity index (χ1) is 7.72. The summed E-state index contributed by atoms with van der Waals surface area (Å²) in [7, 11) is 0. The van der Waals surface area contributed by atoms with Gasteiger partial charge in [-0.2, -0.15) is 5.10 Å². The normalized spacial score (nSPS) is 21.4. The molecule has 16 heavy (non-hydrogen) atoms. The highest BCUT2D eigenvalue weighted by Crippen LogP contribution is 2.19. The van der Waals surface area contributed by atoms with Crippen LogP contribution in [0.3, 0.4) is 0 Å². The van der Waals surface area contributed by atoms with Gasteiger partial charge >= 0.3 is 0 Å². The highest BCUT2D eigenvalue weighted by atomic mass is 32.1. The molecule has 0 aliphatic carbocycles. The van der Waals surface area contributed by atoms with Crippen LogP contribution in [0.4, 0.5) is 0 Å². The first-order valence-electron chi connectivity index (χ1n) is 5.62. The molecule has 6 heteroatoms. The molecule has 1 aromatic heterocycles. The first kappa shape index (κ1) is 11.5. The highest BCUT2D eigenvalue weighted by molar-refractivity contribution is 7.80. The highest BCUT2D eigenvalue weighted by Gasteiger charge is 2.27. The van der Waals surface area contributed by atoms with Crippen LogP contribution in [-0.2, 0) is 13.1 Å². The van der Waals surface area contributed by atoms with E-state index in [1.165, 1.54) is 0 Å². The third-order valence-corrected chi connectivity index (χ3v) is 3.30. The van der Waals surface area contributed by atoms with Crippen molar-refractivity contribution in [2.45, 2.75) is 38.9 Å². The second-order valence-corrected chi connectivity index (χ2v) is 4.49. The van der Waals surface area contributed by atoms with E-state index in [1.54, 1.807) is 6.33 Å². The zero-order valence-electron chi connectivity index (χ0n) is 9.46. The Bertz CT molecular complexity index is 375. The molecule has 0 radical (unpaired) electrons. The summed E-state index contributed by atoms with van der Waals surface area (Å²) in [5.74, 6) is 0.991. The summed E-state index contributed by atoms with van der Waals surface area (Å²) in [5.41, 5.74) is 5.73. The lowest BCUT2D eigenvalue weighted by atomic mass is 10.2. The number of thiocarbonyl (C=S) groups is 1. The molecule has 0 amide bonds. The Morgan fingerprint density at radius 3 is 3.19 bits per heavy atom. The standard InChI is InChI=1S/C10H17N5S/c1-2-15-9(12-7-13-15)6-14-5-3-4-8(14)10(11)16/h7-8H,2-6H2,1H3,(H2,11,16). The summed E-state index contributed by atoms with van der Waals surface area (Å²) in [6.07, 6.45) is 3.82. The number of nitrogens with two attached hydrogens (primary N) is 1. The maximum Gasteiger partial charge on any atom is 0.141 e. The third kappa shape index (κ3) is 2.22. The predicted molar refractivity (Wildman–Crippen MR) is 65.9 cm³/mol. The predicted octanol–water partition coefficient (Wildman–Crippen LogP) is 0.549. The van der Waals surface area contributed by atoms with Crippen LogP contribution in [0.15, 0.2) is 6.33 Å². The maximum atomic E-state index is 5.73. The lowest BCUT2D eigenvalue weighted by Crippen LogP contribution is -2.39. The number of rotatable bonds is 4. The molecule has 0 bridgehead atoms. The van der Waals surface area contributed by atoms with Gasteiger partial charge in [0.15, 0.2) is 0 Å². The fraction of sp³-hybridized carbons (Fsp3) is 0.700. The summed E-state index contributed by atoms with van der Waals surface area (Å²) >= 11 is 5.08. The van der Waals surface area contributed by atoms with E-state index in [4.69, 9.17) is 18.0 Å². The van der Waals surface area contributed by atoms with Crippen LogP contribution in [0.1, 0.15) is 25.6 Å². The first-order valence-corrected chi connectivity index (χ1v) is 6.03. The van der Waals surface area contributed by atoms with E-state index in [-0.39, 0.29) is 6.04 Å². The molecule has 1 aliphatic heterocycles. The van der Waals surface area contributed by atoms with Gasteiger partial charge in [-0.1, -0.05) is 12.2 Å². The van der Waals surface area contributed by atoms with E-state index >= 15 is 0 Å². The SMILES string of the molecule is CCn1ncnc1CN1CCCC1C(N)=S. The Morgan fingerprint density at radius 1 is 1.69 bits per heavy atom. The van der Waals surface area contributed by atoms with Crippen LogP contribution in [0, 0.1) is 0 Å². The Labute approximate surface area is 101 Å². The van der Waals surface area contributed by atoms with Gasteiger partial charge in [-0.3, -0.25) is 4.90 Å². The molecule has 1 atom stereocenters. The van der Waals surface area contributed by atoms with Crippen molar-refractivity contribution in [3.63, 3.8) is 0 Å². The van der Waals surface area contributed by atoms with Crippen LogP contribution in [0.2, 0.25) is 0 Å². The molecule has 1 aliphatic rings. The number of aromatic nitrogens is 3. The van der Waals surface area contributed by atoms with Crippen molar-refractivity contribution in [3.05, 3.63) is 12.2 Å². The van der Waals surface area contributed by atoms with Crippen molar-refractivity contribution >= 4 is 17.2 Å². The zero-order valence-corrected chi connectivity index (χ0v) is 10.3. The summed E-state index contributed by atoms with van der Waals surface area (Å²) in [4.78, 5) is 7.16. The van der Waals surface area contributed by atoms with Crippen molar-refractivity contribution < 1.29 is 0 Å². The molecule has 0 spiro atoms. The molecule has 0 saturated carbocycles. The Morgan fingerprint density at radius 2 is 2.50 bits per heavy atom. The van der Waals surface area contributed by atoms with Crippen LogP contribution in [0.25, 0.3) is 0 Å². The quantitative estimate of drug-likeness (QED) is 0.778. The van der Waals surface area contributed by atoms with Gasteiger partial charge in [0.1, 0.15) is 12.2 Å². The number of likely N-dealkylation sites (tertiary alicyclic amines) is 1. The topological polar surface area (TPSA) is 60.0 Å². The van der Waals surface area contributed by atoms with Crippen LogP contribution < -0.4 is 5.73 Å². The summed E-state index contributed by atoms with van der Waals surface area (Å²) < 4.78 is 1.91. The van der Waals surface area contributed by atoms with E-state index < -0.39 is 0 Å². The molecular formula is C10H17N5S. The monoisotopic (exact) mass is 239 g/mol. The van der Waals surface area contributed by atoms with E-state index in [0.717, 1.165) is 38.3 Å². The zero-order chi connectivity index (χ0) is 11.5. The Kier molecular flexibility index (Phi) is 3.50. The molecule has 1 aromatic rings. The molecule has 1 unspecified atom stereocenters. The van der Waals surface area contributed by atoms with Crippen molar-refractivity contribution in [1.82, 2.24) is 19.7 Å². The molecule has 1 fully saturated rings. The fourth-order valence-electron chi connectivity index (χ4n) is 2.19. The Hall–Kier alpha value is -1.01. The van der Waals surface area contributed by atoms with Crippen LogP contribution in [-0.4, -0.2) is 37.2 Å². The number of hydrogen-bond donors (Lipinski definition) is 1. The number of hydrogen-bond acceptors (Lipinski definition) is 4. The van der Waals surface area contributed by atoms with E-state index in [2.05, 4.69) is 21.9 Å². The average molecular weight is 239 g/mol. The molecule has 2 rings (SSSR count). The van der Waals surface area contributed by atoms with Gasteiger partial charge in [0, 0.05) is 6.54 Å². The van der Waals surface area contributed by atoms with Gasteiger partial charge in [0.2, 0.25) is 0 Å². The molecular weight excluding hydrogens is 222 g/mol. The second-order valence-electron chi connectivity index (χ2n) is 4.02. The van der Waals surface area contributed by atoms with E-state index in [9.17, 15) is 0 Å². The molecule has 2 heterocycles. The van der Waals surface area contributed by atoms with Gasteiger partial charge in [-0.25, -0.2) is 9.67 Å². The van der Waals surface area contributed by atoms with Crippen molar-refractivity contribution in [3.8, 4) is 0 Å². The maximum absolute atomic E-state index is 5.73. The molecule has 2 N–H and O–H groups in total. The number of aryl methyl sites for hydroxylation is 1. The fourth-order valence-corrected chi connectivity index (χ4v) is 2.46. The van der Waals surface area contributed by atoms with Gasteiger partial charge in [0.25, 0.3) is 0 Å². The molecule has 88 valence electrons. The van der Waals surface area contributed by atoms with Crippen LogP contribution in [0.5, 0.6) is 0 Å².